The standard InChI is InChI=1S/C17H21OP/c1-13-10-11-15(18)16(12-13)19(17(2,3)4)14-8-6-5-7-9-14/h5-12,18H,1-4H3. The summed E-state index contributed by atoms with van der Waals surface area (Å²) >= 11 is 0. The van der Waals surface area contributed by atoms with E-state index in [-0.39, 0.29) is 5.16 Å². The van der Waals surface area contributed by atoms with Crippen LogP contribution in [0.3, 0.4) is 0 Å². The maximum atomic E-state index is 10.2. The summed E-state index contributed by atoms with van der Waals surface area (Å²) < 4.78 is 0. The summed E-state index contributed by atoms with van der Waals surface area (Å²) in [5.41, 5.74) is 1.19. The predicted octanol–water partition coefficient (Wildman–Crippen LogP) is 3.93. The van der Waals surface area contributed by atoms with Crippen LogP contribution in [0.1, 0.15) is 26.3 Å². The van der Waals surface area contributed by atoms with Crippen molar-refractivity contribution in [3.8, 4) is 5.75 Å². The molecule has 0 heterocycles. The summed E-state index contributed by atoms with van der Waals surface area (Å²) in [6.07, 6.45) is 0. The van der Waals surface area contributed by atoms with Crippen LogP contribution in [0.4, 0.5) is 0 Å². The van der Waals surface area contributed by atoms with Crippen molar-refractivity contribution in [2.45, 2.75) is 32.9 Å². The normalized spacial score (nSPS) is 13.3. The van der Waals surface area contributed by atoms with E-state index in [1.54, 1.807) is 0 Å². The molecule has 1 atom stereocenters. The Bertz CT molecular complexity index is 555. The first-order valence-electron chi connectivity index (χ1n) is 6.54. The molecule has 2 aromatic carbocycles. The molecule has 1 N–H and O–H groups in total. The Morgan fingerprint density at radius 3 is 2.16 bits per heavy atom. The van der Waals surface area contributed by atoms with Gasteiger partial charge in [0.1, 0.15) is 5.75 Å². The van der Waals surface area contributed by atoms with Crippen LogP contribution in [0.2, 0.25) is 0 Å². The first kappa shape index (κ1) is 14.1. The van der Waals surface area contributed by atoms with Gasteiger partial charge >= 0.3 is 0 Å². The van der Waals surface area contributed by atoms with Gasteiger partial charge in [-0.2, -0.15) is 0 Å². The van der Waals surface area contributed by atoms with Crippen molar-refractivity contribution < 1.29 is 5.11 Å². The minimum absolute atomic E-state index is 0.113. The molecule has 0 amide bonds. The Kier molecular flexibility index (Phi) is 3.96. The first-order valence-corrected chi connectivity index (χ1v) is 7.88. The second-order valence-electron chi connectivity index (χ2n) is 5.83. The number of benzene rings is 2. The third-order valence-corrected chi connectivity index (χ3v) is 6.05. The highest BCUT2D eigenvalue weighted by Crippen LogP contribution is 2.49. The van der Waals surface area contributed by atoms with Gasteiger partial charge in [0.25, 0.3) is 0 Å². The molecule has 0 radical (unpaired) electrons. The van der Waals surface area contributed by atoms with Gasteiger partial charge in [-0.1, -0.05) is 62.7 Å². The van der Waals surface area contributed by atoms with Crippen LogP contribution in [0.15, 0.2) is 48.5 Å². The van der Waals surface area contributed by atoms with Gasteiger partial charge in [-0.05, 0) is 37.4 Å². The zero-order valence-electron chi connectivity index (χ0n) is 12.0. The number of phenolic OH excluding ortho intramolecular Hbond substituents is 1. The van der Waals surface area contributed by atoms with E-state index in [1.165, 1.54) is 10.9 Å². The van der Waals surface area contributed by atoms with Gasteiger partial charge in [0.15, 0.2) is 0 Å². The van der Waals surface area contributed by atoms with Crippen LogP contribution >= 0.6 is 7.92 Å². The van der Waals surface area contributed by atoms with E-state index in [1.807, 2.05) is 18.2 Å². The molecule has 0 aliphatic heterocycles. The number of rotatable bonds is 2. The van der Waals surface area contributed by atoms with E-state index in [0.29, 0.717) is 5.75 Å². The van der Waals surface area contributed by atoms with Crippen molar-refractivity contribution in [1.82, 2.24) is 0 Å². The van der Waals surface area contributed by atoms with Gasteiger partial charge < -0.3 is 5.11 Å². The summed E-state index contributed by atoms with van der Waals surface area (Å²) in [5.74, 6) is 0.412. The van der Waals surface area contributed by atoms with Gasteiger partial charge in [-0.3, -0.25) is 0 Å². The second-order valence-corrected chi connectivity index (χ2v) is 8.84. The quantitative estimate of drug-likeness (QED) is 0.821. The van der Waals surface area contributed by atoms with E-state index < -0.39 is 7.92 Å². The van der Waals surface area contributed by atoms with Crippen LogP contribution in [0, 0.1) is 6.92 Å². The lowest BCUT2D eigenvalue weighted by atomic mass is 10.2. The van der Waals surface area contributed by atoms with Gasteiger partial charge in [-0.25, -0.2) is 0 Å². The van der Waals surface area contributed by atoms with Gasteiger partial charge in [-0.15, -0.1) is 0 Å². The largest absolute Gasteiger partial charge is 0.507 e. The fourth-order valence-electron chi connectivity index (χ4n) is 2.28. The lowest BCUT2D eigenvalue weighted by molar-refractivity contribution is 0.479. The molecule has 0 saturated carbocycles. The number of hydrogen-bond acceptors (Lipinski definition) is 1. The second kappa shape index (κ2) is 5.35. The predicted molar refractivity (Wildman–Crippen MR) is 85.2 cm³/mol. The summed E-state index contributed by atoms with van der Waals surface area (Å²) in [6, 6.07) is 16.4. The number of aryl methyl sites for hydroxylation is 1. The maximum Gasteiger partial charge on any atom is 0.123 e. The van der Waals surface area contributed by atoms with Crippen molar-refractivity contribution in [3.63, 3.8) is 0 Å². The highest BCUT2D eigenvalue weighted by Gasteiger charge is 2.29. The molecule has 2 heteroatoms. The lowest BCUT2D eigenvalue weighted by Gasteiger charge is -2.32. The molecule has 0 fully saturated rings. The molecular weight excluding hydrogens is 251 g/mol. The molecule has 0 saturated heterocycles. The molecule has 2 aromatic rings. The number of hydrogen-bond donors (Lipinski definition) is 1. The molecule has 1 unspecified atom stereocenters. The van der Waals surface area contributed by atoms with E-state index in [4.69, 9.17) is 0 Å². The van der Waals surface area contributed by atoms with Crippen LogP contribution < -0.4 is 10.6 Å². The molecule has 0 bridgehead atoms. The van der Waals surface area contributed by atoms with E-state index in [0.717, 1.165) is 5.30 Å². The lowest BCUT2D eigenvalue weighted by Crippen LogP contribution is -2.26. The maximum absolute atomic E-state index is 10.2. The minimum Gasteiger partial charge on any atom is -0.507 e. The zero-order valence-corrected chi connectivity index (χ0v) is 12.9. The third kappa shape index (κ3) is 3.16. The van der Waals surface area contributed by atoms with Crippen LogP contribution in [0.25, 0.3) is 0 Å². The van der Waals surface area contributed by atoms with Crippen molar-refractivity contribution in [3.05, 3.63) is 54.1 Å². The molecular formula is C17H21OP. The highest BCUT2D eigenvalue weighted by atomic mass is 31.1. The first-order chi connectivity index (χ1) is 8.89. The molecule has 1 nitrogen and oxygen atoms in total. The van der Waals surface area contributed by atoms with Gasteiger partial charge in [0.2, 0.25) is 0 Å². The smallest absolute Gasteiger partial charge is 0.123 e. The van der Waals surface area contributed by atoms with Crippen molar-refractivity contribution in [2.24, 2.45) is 0 Å². The van der Waals surface area contributed by atoms with Gasteiger partial charge in [0, 0.05) is 5.30 Å². The monoisotopic (exact) mass is 272 g/mol. The average Bonchev–Trinajstić information content (AvgIpc) is 2.33. The fraction of sp³-hybridized carbons (Fsp3) is 0.294. The topological polar surface area (TPSA) is 20.2 Å². The van der Waals surface area contributed by atoms with E-state index in [2.05, 4.69) is 58.0 Å². The van der Waals surface area contributed by atoms with Crippen molar-refractivity contribution in [2.75, 3.05) is 0 Å². The minimum atomic E-state index is -0.579. The summed E-state index contributed by atoms with van der Waals surface area (Å²) in [7, 11) is -0.579. The third-order valence-electron chi connectivity index (χ3n) is 3.06. The van der Waals surface area contributed by atoms with E-state index in [9.17, 15) is 5.11 Å². The molecule has 0 aliphatic carbocycles. The Labute approximate surface area is 117 Å². The number of phenols is 1. The van der Waals surface area contributed by atoms with Crippen LogP contribution in [0.5, 0.6) is 5.75 Å². The summed E-state index contributed by atoms with van der Waals surface area (Å²) in [6.45, 7) is 8.80. The van der Waals surface area contributed by atoms with Gasteiger partial charge in [0.05, 0.1) is 0 Å². The van der Waals surface area contributed by atoms with Crippen LogP contribution in [-0.2, 0) is 0 Å². The summed E-state index contributed by atoms with van der Waals surface area (Å²) in [4.78, 5) is 0. The Hall–Kier alpha value is -1.33. The SMILES string of the molecule is Cc1ccc(O)c(P(c2ccccc2)C(C)(C)C)c1. The van der Waals surface area contributed by atoms with Crippen molar-refractivity contribution >= 4 is 18.5 Å². The highest BCUT2D eigenvalue weighted by molar-refractivity contribution is 7.74. The Morgan fingerprint density at radius 2 is 1.58 bits per heavy atom. The average molecular weight is 272 g/mol. The Balaban J connectivity index is 2.59. The number of aromatic hydroxyl groups is 1. The van der Waals surface area contributed by atoms with E-state index >= 15 is 0 Å². The molecule has 100 valence electrons. The fourth-order valence-corrected chi connectivity index (χ4v) is 5.16. The molecule has 0 aromatic heterocycles. The Morgan fingerprint density at radius 1 is 0.947 bits per heavy atom. The van der Waals surface area contributed by atoms with Crippen LogP contribution in [-0.4, -0.2) is 10.3 Å². The molecule has 0 spiro atoms. The summed E-state index contributed by atoms with van der Waals surface area (Å²) in [5, 5.41) is 12.7. The molecule has 0 aliphatic rings. The molecule has 19 heavy (non-hydrogen) atoms. The van der Waals surface area contributed by atoms with Crippen molar-refractivity contribution in [1.29, 1.82) is 0 Å². The zero-order chi connectivity index (χ0) is 14.0. The molecule has 2 rings (SSSR count).